The fourth-order valence-corrected chi connectivity index (χ4v) is 2.04. The molecule has 0 aliphatic heterocycles. The molecule has 0 radical (unpaired) electrons. The Bertz CT molecular complexity index is 597. The summed E-state index contributed by atoms with van der Waals surface area (Å²) in [7, 11) is 0. The normalized spacial score (nSPS) is 10.3. The zero-order valence-electron chi connectivity index (χ0n) is 10.3. The highest BCUT2D eigenvalue weighted by atomic mass is 35.5. The highest BCUT2D eigenvalue weighted by Gasteiger charge is 2.08. The molecule has 0 bridgehead atoms. The van der Waals surface area contributed by atoms with Crippen LogP contribution in [-0.2, 0) is 11.2 Å². The van der Waals surface area contributed by atoms with E-state index < -0.39 is 0 Å². The van der Waals surface area contributed by atoms with E-state index in [9.17, 15) is 4.79 Å². The quantitative estimate of drug-likeness (QED) is 0.933. The van der Waals surface area contributed by atoms with Crippen molar-refractivity contribution < 1.29 is 4.79 Å². The molecule has 19 heavy (non-hydrogen) atoms. The van der Waals surface area contributed by atoms with Crippen LogP contribution in [0.3, 0.4) is 0 Å². The Hall–Kier alpha value is -1.58. The van der Waals surface area contributed by atoms with Crippen molar-refractivity contribution in [3.05, 3.63) is 57.7 Å². The molecular formula is C14H12Cl2N2O. The number of pyridine rings is 1. The van der Waals surface area contributed by atoms with Crippen LogP contribution in [0.1, 0.15) is 11.1 Å². The first-order chi connectivity index (χ1) is 9.04. The van der Waals surface area contributed by atoms with Crippen LogP contribution in [0.15, 0.2) is 36.5 Å². The number of hydrogen-bond acceptors (Lipinski definition) is 2. The maximum Gasteiger partial charge on any atom is 0.230 e. The van der Waals surface area contributed by atoms with Gasteiger partial charge in [0.25, 0.3) is 0 Å². The predicted molar refractivity (Wildman–Crippen MR) is 77.8 cm³/mol. The Morgan fingerprint density at radius 3 is 2.68 bits per heavy atom. The molecule has 1 amide bonds. The third-order valence-corrected chi connectivity index (χ3v) is 3.13. The molecule has 0 saturated heterocycles. The van der Waals surface area contributed by atoms with Gasteiger partial charge in [-0.1, -0.05) is 35.3 Å². The molecule has 1 aromatic carbocycles. The average Bonchev–Trinajstić information content (AvgIpc) is 2.36. The molecule has 0 fully saturated rings. The minimum absolute atomic E-state index is 0.166. The second-order valence-electron chi connectivity index (χ2n) is 4.18. The first kappa shape index (κ1) is 13.8. The Kier molecular flexibility index (Phi) is 4.40. The van der Waals surface area contributed by atoms with E-state index >= 15 is 0 Å². The van der Waals surface area contributed by atoms with Gasteiger partial charge in [0.15, 0.2) is 0 Å². The lowest BCUT2D eigenvalue weighted by atomic mass is 10.1. The van der Waals surface area contributed by atoms with Gasteiger partial charge in [-0.05, 0) is 36.2 Å². The topological polar surface area (TPSA) is 42.0 Å². The van der Waals surface area contributed by atoms with E-state index in [1.165, 1.54) is 0 Å². The second kappa shape index (κ2) is 6.04. The number of amides is 1. The molecule has 3 nitrogen and oxygen atoms in total. The molecule has 0 unspecified atom stereocenters. The third-order valence-electron chi connectivity index (χ3n) is 2.54. The van der Waals surface area contributed by atoms with Crippen molar-refractivity contribution in [3.63, 3.8) is 0 Å². The van der Waals surface area contributed by atoms with Crippen molar-refractivity contribution in [2.45, 2.75) is 13.3 Å². The molecule has 2 aromatic rings. The smallest absolute Gasteiger partial charge is 0.230 e. The van der Waals surface area contributed by atoms with E-state index in [1.54, 1.807) is 30.5 Å². The van der Waals surface area contributed by atoms with Gasteiger partial charge in [-0.25, -0.2) is 4.98 Å². The maximum absolute atomic E-state index is 11.9. The van der Waals surface area contributed by atoms with Crippen LogP contribution in [0.5, 0.6) is 0 Å². The van der Waals surface area contributed by atoms with Crippen molar-refractivity contribution >= 4 is 34.9 Å². The summed E-state index contributed by atoms with van der Waals surface area (Å²) in [4.78, 5) is 16.0. The van der Waals surface area contributed by atoms with Crippen LogP contribution in [0, 0.1) is 6.92 Å². The molecule has 0 atom stereocenters. The molecule has 2 rings (SSSR count). The summed E-state index contributed by atoms with van der Waals surface area (Å²) in [6, 6.07) is 8.72. The van der Waals surface area contributed by atoms with E-state index in [0.717, 1.165) is 11.1 Å². The molecule has 1 aromatic heterocycles. The average molecular weight is 295 g/mol. The number of hydrogen-bond donors (Lipinski definition) is 1. The van der Waals surface area contributed by atoms with E-state index in [-0.39, 0.29) is 12.3 Å². The molecule has 0 saturated carbocycles. The van der Waals surface area contributed by atoms with Gasteiger partial charge in [0, 0.05) is 16.2 Å². The monoisotopic (exact) mass is 294 g/mol. The number of aromatic nitrogens is 1. The van der Waals surface area contributed by atoms with E-state index in [2.05, 4.69) is 10.3 Å². The van der Waals surface area contributed by atoms with Crippen molar-refractivity contribution in [2.75, 3.05) is 5.32 Å². The van der Waals surface area contributed by atoms with Gasteiger partial charge in [0.2, 0.25) is 5.91 Å². The van der Waals surface area contributed by atoms with Crippen molar-refractivity contribution in [2.24, 2.45) is 0 Å². The van der Waals surface area contributed by atoms with Crippen LogP contribution in [0.25, 0.3) is 0 Å². The summed E-state index contributed by atoms with van der Waals surface area (Å²) in [6.45, 7) is 1.94. The first-order valence-electron chi connectivity index (χ1n) is 5.71. The number of nitrogens with zero attached hydrogens (tertiary/aromatic N) is 1. The van der Waals surface area contributed by atoms with Gasteiger partial charge in [0.1, 0.15) is 5.82 Å². The third kappa shape index (κ3) is 3.94. The molecular weight excluding hydrogens is 283 g/mol. The van der Waals surface area contributed by atoms with Crippen molar-refractivity contribution in [3.8, 4) is 0 Å². The molecule has 0 aliphatic rings. The van der Waals surface area contributed by atoms with Crippen LogP contribution in [0.2, 0.25) is 10.0 Å². The lowest BCUT2D eigenvalue weighted by Gasteiger charge is -2.06. The van der Waals surface area contributed by atoms with Crippen LogP contribution < -0.4 is 5.32 Å². The molecule has 0 aliphatic carbocycles. The Morgan fingerprint density at radius 2 is 2.05 bits per heavy atom. The molecule has 0 spiro atoms. The molecule has 98 valence electrons. The van der Waals surface area contributed by atoms with Crippen LogP contribution in [-0.4, -0.2) is 10.9 Å². The Morgan fingerprint density at radius 1 is 1.26 bits per heavy atom. The standard InChI is InChI=1S/C14H12Cl2N2O/c1-9-2-5-13(17-8-9)18-14(19)6-10-3-4-11(15)7-12(10)16/h2-5,7-8H,6H2,1H3,(H,17,18,19). The highest BCUT2D eigenvalue weighted by molar-refractivity contribution is 6.35. The number of halogens is 2. The van der Waals surface area contributed by atoms with Crippen molar-refractivity contribution in [1.82, 2.24) is 4.98 Å². The van der Waals surface area contributed by atoms with Gasteiger partial charge in [-0.3, -0.25) is 4.79 Å². The molecule has 5 heteroatoms. The van der Waals surface area contributed by atoms with E-state index in [1.807, 2.05) is 13.0 Å². The largest absolute Gasteiger partial charge is 0.310 e. The lowest BCUT2D eigenvalue weighted by molar-refractivity contribution is -0.115. The second-order valence-corrected chi connectivity index (χ2v) is 5.03. The number of carbonyl (C=O) groups excluding carboxylic acids is 1. The summed E-state index contributed by atoms with van der Waals surface area (Å²) < 4.78 is 0. The SMILES string of the molecule is Cc1ccc(NC(=O)Cc2ccc(Cl)cc2Cl)nc1. The van der Waals surface area contributed by atoms with E-state index in [0.29, 0.717) is 15.9 Å². The summed E-state index contributed by atoms with van der Waals surface area (Å²) >= 11 is 11.8. The summed E-state index contributed by atoms with van der Waals surface area (Å²) in [5.74, 6) is 0.362. The molecule has 1 N–H and O–H groups in total. The fourth-order valence-electron chi connectivity index (χ4n) is 1.57. The fraction of sp³-hybridized carbons (Fsp3) is 0.143. The Labute approximate surface area is 121 Å². The number of carbonyl (C=O) groups is 1. The summed E-state index contributed by atoms with van der Waals surface area (Å²) in [5.41, 5.74) is 1.77. The minimum Gasteiger partial charge on any atom is -0.310 e. The Balaban J connectivity index is 2.03. The van der Waals surface area contributed by atoms with Crippen LogP contribution >= 0.6 is 23.2 Å². The first-order valence-corrected chi connectivity index (χ1v) is 6.46. The summed E-state index contributed by atoms with van der Waals surface area (Å²) in [6.07, 6.45) is 1.89. The number of nitrogens with one attached hydrogen (secondary N) is 1. The highest BCUT2D eigenvalue weighted by Crippen LogP contribution is 2.21. The van der Waals surface area contributed by atoms with E-state index in [4.69, 9.17) is 23.2 Å². The number of rotatable bonds is 3. The lowest BCUT2D eigenvalue weighted by Crippen LogP contribution is -2.15. The van der Waals surface area contributed by atoms with Gasteiger partial charge < -0.3 is 5.32 Å². The number of benzene rings is 1. The van der Waals surface area contributed by atoms with Gasteiger partial charge in [-0.15, -0.1) is 0 Å². The maximum atomic E-state index is 11.9. The zero-order chi connectivity index (χ0) is 13.8. The minimum atomic E-state index is -0.166. The van der Waals surface area contributed by atoms with Gasteiger partial charge >= 0.3 is 0 Å². The van der Waals surface area contributed by atoms with Crippen molar-refractivity contribution in [1.29, 1.82) is 0 Å². The number of aryl methyl sites for hydroxylation is 1. The number of anilines is 1. The molecule has 1 heterocycles. The summed E-state index contributed by atoms with van der Waals surface area (Å²) in [5, 5.41) is 3.75. The predicted octanol–water partition coefficient (Wildman–Crippen LogP) is 3.88. The zero-order valence-corrected chi connectivity index (χ0v) is 11.8. The van der Waals surface area contributed by atoms with Crippen LogP contribution in [0.4, 0.5) is 5.82 Å². The van der Waals surface area contributed by atoms with Gasteiger partial charge in [-0.2, -0.15) is 0 Å². The van der Waals surface area contributed by atoms with Gasteiger partial charge in [0.05, 0.1) is 6.42 Å².